The number of hydrogen-bond acceptors (Lipinski definition) is 5. The van der Waals surface area contributed by atoms with Crippen molar-refractivity contribution in [1.29, 1.82) is 0 Å². The van der Waals surface area contributed by atoms with Gasteiger partial charge in [0.2, 0.25) is 0 Å². The van der Waals surface area contributed by atoms with Gasteiger partial charge in [0.15, 0.2) is 0 Å². The number of methoxy groups -OCH3 is 1. The molecule has 0 heterocycles. The van der Waals surface area contributed by atoms with Crippen LogP contribution in [0.1, 0.15) is 19.3 Å². The second-order valence-electron chi connectivity index (χ2n) is 3.64. The molecule has 0 spiro atoms. The zero-order valence-corrected chi connectivity index (χ0v) is 9.89. The standard InChI is InChI=1S/C10H19NO3S/c1-14-10(13)9(11-8-2-3-8)4-6-15-7-5-12/h8-9,11-12H,2-7H2,1H3. The van der Waals surface area contributed by atoms with E-state index in [0.717, 1.165) is 30.8 Å². The monoisotopic (exact) mass is 233 g/mol. The maximum Gasteiger partial charge on any atom is 0.322 e. The summed E-state index contributed by atoms with van der Waals surface area (Å²) in [5, 5.41) is 11.9. The summed E-state index contributed by atoms with van der Waals surface area (Å²) in [5.74, 6) is 1.43. The third kappa shape index (κ3) is 5.39. The van der Waals surface area contributed by atoms with E-state index in [9.17, 15) is 4.79 Å². The van der Waals surface area contributed by atoms with Gasteiger partial charge >= 0.3 is 5.97 Å². The first kappa shape index (κ1) is 12.8. The van der Waals surface area contributed by atoms with Gasteiger partial charge in [0.1, 0.15) is 6.04 Å². The van der Waals surface area contributed by atoms with Crippen molar-refractivity contribution in [3.05, 3.63) is 0 Å². The first-order valence-corrected chi connectivity index (χ1v) is 6.46. The minimum Gasteiger partial charge on any atom is -0.468 e. The van der Waals surface area contributed by atoms with Crippen molar-refractivity contribution in [3.8, 4) is 0 Å². The summed E-state index contributed by atoms with van der Waals surface area (Å²) >= 11 is 1.66. The quantitative estimate of drug-likeness (QED) is 0.469. The van der Waals surface area contributed by atoms with Crippen molar-refractivity contribution in [3.63, 3.8) is 0 Å². The average molecular weight is 233 g/mol. The minimum atomic E-state index is -0.175. The summed E-state index contributed by atoms with van der Waals surface area (Å²) in [6.07, 6.45) is 3.10. The van der Waals surface area contributed by atoms with Crippen LogP contribution >= 0.6 is 11.8 Å². The molecule has 0 aliphatic heterocycles. The highest BCUT2D eigenvalue weighted by molar-refractivity contribution is 7.99. The van der Waals surface area contributed by atoms with Gasteiger partial charge in [-0.15, -0.1) is 0 Å². The van der Waals surface area contributed by atoms with Crippen LogP contribution in [-0.4, -0.2) is 48.4 Å². The Morgan fingerprint density at radius 1 is 1.60 bits per heavy atom. The number of carbonyl (C=O) groups is 1. The van der Waals surface area contributed by atoms with Crippen molar-refractivity contribution in [1.82, 2.24) is 5.32 Å². The number of thioether (sulfide) groups is 1. The number of rotatable bonds is 8. The number of aliphatic hydroxyl groups is 1. The van der Waals surface area contributed by atoms with Crippen LogP contribution in [0.25, 0.3) is 0 Å². The summed E-state index contributed by atoms with van der Waals surface area (Å²) < 4.78 is 4.74. The zero-order chi connectivity index (χ0) is 11.1. The summed E-state index contributed by atoms with van der Waals surface area (Å²) in [6, 6.07) is 0.339. The molecule has 15 heavy (non-hydrogen) atoms. The molecule has 88 valence electrons. The Morgan fingerprint density at radius 2 is 2.33 bits per heavy atom. The lowest BCUT2D eigenvalue weighted by Gasteiger charge is -2.15. The molecule has 0 radical (unpaired) electrons. The Kier molecular flexibility index (Phi) is 6.05. The number of hydrogen-bond donors (Lipinski definition) is 2. The van der Waals surface area contributed by atoms with E-state index in [-0.39, 0.29) is 18.6 Å². The number of nitrogens with one attached hydrogen (secondary N) is 1. The van der Waals surface area contributed by atoms with Gasteiger partial charge in [-0.1, -0.05) is 0 Å². The van der Waals surface area contributed by atoms with Gasteiger partial charge in [0.25, 0.3) is 0 Å². The van der Waals surface area contributed by atoms with E-state index in [1.165, 1.54) is 7.11 Å². The molecule has 1 aliphatic rings. The predicted octanol–water partition coefficient (Wildman–Crippen LogP) is 0.396. The minimum absolute atomic E-state index is 0.173. The number of aliphatic hydroxyl groups excluding tert-OH is 1. The maximum absolute atomic E-state index is 11.4. The molecule has 0 aromatic carbocycles. The largest absolute Gasteiger partial charge is 0.468 e. The van der Waals surface area contributed by atoms with Crippen molar-refractivity contribution >= 4 is 17.7 Å². The molecule has 1 fully saturated rings. The average Bonchev–Trinajstić information content (AvgIpc) is 3.05. The molecule has 2 N–H and O–H groups in total. The molecule has 1 unspecified atom stereocenters. The molecule has 4 nitrogen and oxygen atoms in total. The first-order valence-electron chi connectivity index (χ1n) is 5.30. The van der Waals surface area contributed by atoms with E-state index in [0.29, 0.717) is 6.04 Å². The Balaban J connectivity index is 2.18. The number of ether oxygens (including phenoxy) is 1. The van der Waals surface area contributed by atoms with Gasteiger partial charge in [-0.25, -0.2) is 0 Å². The number of carbonyl (C=O) groups excluding carboxylic acids is 1. The highest BCUT2D eigenvalue weighted by atomic mass is 32.2. The molecule has 1 aliphatic carbocycles. The van der Waals surface area contributed by atoms with Gasteiger partial charge < -0.3 is 15.2 Å². The van der Waals surface area contributed by atoms with Crippen LogP contribution in [0.2, 0.25) is 0 Å². The third-order valence-electron chi connectivity index (χ3n) is 2.29. The fourth-order valence-corrected chi connectivity index (χ4v) is 2.05. The molecular formula is C10H19NO3S. The van der Waals surface area contributed by atoms with Gasteiger partial charge in [-0.3, -0.25) is 4.79 Å². The Labute approximate surface area is 94.8 Å². The Morgan fingerprint density at radius 3 is 2.87 bits per heavy atom. The molecule has 0 saturated heterocycles. The van der Waals surface area contributed by atoms with E-state index in [1.807, 2.05) is 0 Å². The molecule has 5 heteroatoms. The van der Waals surface area contributed by atoms with Gasteiger partial charge in [-0.05, 0) is 25.0 Å². The first-order chi connectivity index (χ1) is 7.27. The second-order valence-corrected chi connectivity index (χ2v) is 4.87. The number of esters is 1. The van der Waals surface area contributed by atoms with Crippen molar-refractivity contribution in [2.45, 2.75) is 31.3 Å². The van der Waals surface area contributed by atoms with Gasteiger partial charge in [0.05, 0.1) is 13.7 Å². The Bertz CT molecular complexity index is 197. The lowest BCUT2D eigenvalue weighted by Crippen LogP contribution is -2.39. The van der Waals surface area contributed by atoms with Crippen molar-refractivity contribution in [2.24, 2.45) is 0 Å². The summed E-state index contributed by atoms with van der Waals surface area (Å²) in [7, 11) is 1.42. The zero-order valence-electron chi connectivity index (χ0n) is 9.07. The molecule has 0 aromatic rings. The highest BCUT2D eigenvalue weighted by Gasteiger charge is 2.28. The van der Waals surface area contributed by atoms with E-state index in [1.54, 1.807) is 11.8 Å². The molecule has 0 bridgehead atoms. The topological polar surface area (TPSA) is 58.6 Å². The van der Waals surface area contributed by atoms with Crippen LogP contribution in [-0.2, 0) is 9.53 Å². The molecule has 0 amide bonds. The van der Waals surface area contributed by atoms with Gasteiger partial charge in [0, 0.05) is 11.8 Å². The normalized spacial score (nSPS) is 17.5. The second kappa shape index (κ2) is 7.09. The summed E-state index contributed by atoms with van der Waals surface area (Å²) in [5.41, 5.74) is 0. The summed E-state index contributed by atoms with van der Waals surface area (Å²) in [4.78, 5) is 11.4. The lowest BCUT2D eigenvalue weighted by molar-refractivity contribution is -0.143. The van der Waals surface area contributed by atoms with Crippen LogP contribution < -0.4 is 5.32 Å². The van der Waals surface area contributed by atoms with Crippen molar-refractivity contribution in [2.75, 3.05) is 25.2 Å². The SMILES string of the molecule is COC(=O)C(CCSCCO)NC1CC1. The fraction of sp³-hybridized carbons (Fsp3) is 0.900. The maximum atomic E-state index is 11.4. The van der Waals surface area contributed by atoms with E-state index in [4.69, 9.17) is 9.84 Å². The smallest absolute Gasteiger partial charge is 0.322 e. The van der Waals surface area contributed by atoms with Crippen LogP contribution in [0.5, 0.6) is 0 Å². The van der Waals surface area contributed by atoms with Crippen LogP contribution in [0.15, 0.2) is 0 Å². The molecule has 1 saturated carbocycles. The molecule has 0 aromatic heterocycles. The molecule has 1 rings (SSSR count). The van der Waals surface area contributed by atoms with E-state index < -0.39 is 0 Å². The highest BCUT2D eigenvalue weighted by Crippen LogP contribution is 2.20. The molecule has 1 atom stereocenters. The van der Waals surface area contributed by atoms with E-state index in [2.05, 4.69) is 5.32 Å². The third-order valence-corrected chi connectivity index (χ3v) is 3.28. The fourth-order valence-electron chi connectivity index (χ4n) is 1.31. The molecular weight excluding hydrogens is 214 g/mol. The van der Waals surface area contributed by atoms with Crippen LogP contribution in [0.3, 0.4) is 0 Å². The lowest BCUT2D eigenvalue weighted by atomic mass is 10.2. The predicted molar refractivity (Wildman–Crippen MR) is 61.0 cm³/mol. The van der Waals surface area contributed by atoms with Gasteiger partial charge in [-0.2, -0.15) is 11.8 Å². The van der Waals surface area contributed by atoms with Crippen LogP contribution in [0.4, 0.5) is 0 Å². The summed E-state index contributed by atoms with van der Waals surface area (Å²) in [6.45, 7) is 0.198. The van der Waals surface area contributed by atoms with E-state index >= 15 is 0 Å². The Hall–Kier alpha value is -0.260. The van der Waals surface area contributed by atoms with Crippen molar-refractivity contribution < 1.29 is 14.6 Å². The van der Waals surface area contributed by atoms with Crippen LogP contribution in [0, 0.1) is 0 Å².